The van der Waals surface area contributed by atoms with E-state index in [1.165, 1.54) is 12.1 Å². The minimum atomic E-state index is -0.660. The quantitative estimate of drug-likeness (QED) is 0.421. The molecule has 2 aromatic rings. The lowest BCUT2D eigenvalue weighted by Gasteiger charge is -2.07. The second-order valence-corrected chi connectivity index (χ2v) is 3.12. The Morgan fingerprint density at radius 2 is 1.27 bits per heavy atom. The highest BCUT2D eigenvalue weighted by atomic mass is 16.3. The number of hydrogen-bond donors (Lipinski definition) is 5. The Kier molecular flexibility index (Phi) is 1.76. The van der Waals surface area contributed by atoms with Crippen molar-refractivity contribution in [3.05, 3.63) is 18.2 Å². The van der Waals surface area contributed by atoms with E-state index >= 15 is 0 Å². The molecule has 5 heteroatoms. The minimum absolute atomic E-state index is 0.0581. The molecule has 2 aromatic carbocycles. The lowest BCUT2D eigenvalue weighted by Crippen LogP contribution is -1.79. The molecule has 0 saturated carbocycles. The Labute approximate surface area is 84.1 Å². The third kappa shape index (κ3) is 1.17. The van der Waals surface area contributed by atoms with E-state index in [4.69, 9.17) is 0 Å². The highest BCUT2D eigenvalue weighted by Gasteiger charge is 2.15. The molecule has 0 saturated heterocycles. The summed E-state index contributed by atoms with van der Waals surface area (Å²) < 4.78 is 0. The van der Waals surface area contributed by atoms with Gasteiger partial charge in [-0.25, -0.2) is 0 Å². The molecular formula is C10H8O5. The molecule has 0 aliphatic rings. The monoisotopic (exact) mass is 208 g/mol. The van der Waals surface area contributed by atoms with Crippen molar-refractivity contribution >= 4 is 10.8 Å². The third-order valence-corrected chi connectivity index (χ3v) is 2.20. The van der Waals surface area contributed by atoms with Gasteiger partial charge in [-0.15, -0.1) is 0 Å². The van der Waals surface area contributed by atoms with Crippen LogP contribution in [-0.4, -0.2) is 25.5 Å². The molecule has 0 amide bonds. The van der Waals surface area contributed by atoms with Crippen molar-refractivity contribution in [2.45, 2.75) is 0 Å². The lowest BCUT2D eigenvalue weighted by atomic mass is 10.1. The van der Waals surface area contributed by atoms with Gasteiger partial charge in [0.1, 0.15) is 0 Å². The summed E-state index contributed by atoms with van der Waals surface area (Å²) in [6, 6.07) is 3.55. The van der Waals surface area contributed by atoms with E-state index in [1.807, 2.05) is 0 Å². The number of benzene rings is 2. The fourth-order valence-corrected chi connectivity index (χ4v) is 1.40. The van der Waals surface area contributed by atoms with E-state index in [9.17, 15) is 25.5 Å². The number of rotatable bonds is 0. The number of phenolic OH excluding ortho intramolecular Hbond substituents is 5. The predicted octanol–water partition coefficient (Wildman–Crippen LogP) is 1.37. The molecule has 78 valence electrons. The van der Waals surface area contributed by atoms with Crippen molar-refractivity contribution in [2.75, 3.05) is 0 Å². The molecule has 0 bridgehead atoms. The van der Waals surface area contributed by atoms with Crippen molar-refractivity contribution in [1.82, 2.24) is 0 Å². The lowest BCUT2D eigenvalue weighted by molar-refractivity contribution is 0.370. The Balaban J connectivity index is 2.98. The molecule has 0 aromatic heterocycles. The fourth-order valence-electron chi connectivity index (χ4n) is 1.40. The Morgan fingerprint density at radius 1 is 0.600 bits per heavy atom. The zero-order valence-electron chi connectivity index (χ0n) is 7.47. The third-order valence-electron chi connectivity index (χ3n) is 2.20. The molecule has 15 heavy (non-hydrogen) atoms. The largest absolute Gasteiger partial charge is 0.504 e. The zero-order chi connectivity index (χ0) is 11.2. The van der Waals surface area contributed by atoms with Crippen LogP contribution in [0.1, 0.15) is 0 Å². The van der Waals surface area contributed by atoms with E-state index in [0.29, 0.717) is 0 Å². The Bertz CT molecular complexity index is 547. The van der Waals surface area contributed by atoms with Crippen molar-refractivity contribution in [1.29, 1.82) is 0 Å². The van der Waals surface area contributed by atoms with Crippen LogP contribution in [0.2, 0.25) is 0 Å². The molecule has 5 nitrogen and oxygen atoms in total. The summed E-state index contributed by atoms with van der Waals surface area (Å²) in [6.07, 6.45) is 0. The van der Waals surface area contributed by atoms with Crippen LogP contribution in [0.5, 0.6) is 28.7 Å². The van der Waals surface area contributed by atoms with Crippen LogP contribution in [-0.2, 0) is 0 Å². The maximum Gasteiger partial charge on any atom is 0.200 e. The maximum absolute atomic E-state index is 9.45. The molecule has 0 atom stereocenters. The van der Waals surface area contributed by atoms with Gasteiger partial charge in [0.2, 0.25) is 5.75 Å². The summed E-state index contributed by atoms with van der Waals surface area (Å²) in [4.78, 5) is 0. The minimum Gasteiger partial charge on any atom is -0.504 e. The Morgan fingerprint density at radius 3 is 1.93 bits per heavy atom. The van der Waals surface area contributed by atoms with Gasteiger partial charge in [-0.3, -0.25) is 0 Å². The van der Waals surface area contributed by atoms with E-state index in [-0.39, 0.29) is 16.5 Å². The number of hydrogen-bond acceptors (Lipinski definition) is 5. The summed E-state index contributed by atoms with van der Waals surface area (Å²) in [7, 11) is 0. The highest BCUT2D eigenvalue weighted by molar-refractivity contribution is 5.97. The van der Waals surface area contributed by atoms with Crippen LogP contribution in [0.15, 0.2) is 18.2 Å². The summed E-state index contributed by atoms with van der Waals surface area (Å²) in [6.45, 7) is 0. The molecule has 0 radical (unpaired) electrons. The molecule has 0 spiro atoms. The standard InChI is InChI=1S/C10H8O5/c11-6-2-1-4-5(8(6)13)3-7(12)10(15)9(4)14/h1-3,11-15H. The second-order valence-electron chi connectivity index (χ2n) is 3.12. The first-order chi connectivity index (χ1) is 7.02. The van der Waals surface area contributed by atoms with Crippen LogP contribution in [0.3, 0.4) is 0 Å². The Hall–Kier alpha value is -2.30. The molecule has 2 rings (SSSR count). The molecule has 0 heterocycles. The number of fused-ring (bicyclic) bond motifs is 1. The van der Waals surface area contributed by atoms with E-state index in [1.54, 1.807) is 0 Å². The normalized spacial score (nSPS) is 10.7. The van der Waals surface area contributed by atoms with Crippen LogP contribution in [0, 0.1) is 0 Å². The predicted molar refractivity (Wildman–Crippen MR) is 52.3 cm³/mol. The van der Waals surface area contributed by atoms with Crippen molar-refractivity contribution < 1.29 is 25.5 Å². The SMILES string of the molecule is Oc1cc2c(O)c(O)ccc2c(O)c1O. The van der Waals surface area contributed by atoms with Gasteiger partial charge in [0.15, 0.2) is 23.0 Å². The van der Waals surface area contributed by atoms with Gasteiger partial charge in [0.05, 0.1) is 0 Å². The maximum atomic E-state index is 9.45. The summed E-state index contributed by atoms with van der Waals surface area (Å²) in [5.74, 6) is -2.60. The zero-order valence-corrected chi connectivity index (χ0v) is 7.47. The van der Waals surface area contributed by atoms with Crippen LogP contribution >= 0.6 is 0 Å². The summed E-state index contributed by atoms with van der Waals surface area (Å²) in [5.41, 5.74) is 0. The van der Waals surface area contributed by atoms with E-state index in [2.05, 4.69) is 0 Å². The molecule has 5 N–H and O–H groups in total. The summed E-state index contributed by atoms with van der Waals surface area (Å²) in [5, 5.41) is 46.7. The summed E-state index contributed by atoms with van der Waals surface area (Å²) >= 11 is 0. The van der Waals surface area contributed by atoms with E-state index in [0.717, 1.165) is 6.07 Å². The topological polar surface area (TPSA) is 101 Å². The van der Waals surface area contributed by atoms with E-state index < -0.39 is 23.0 Å². The van der Waals surface area contributed by atoms with Crippen molar-refractivity contribution in [2.24, 2.45) is 0 Å². The first kappa shape index (κ1) is 9.26. The van der Waals surface area contributed by atoms with Gasteiger partial charge in [0, 0.05) is 10.8 Å². The highest BCUT2D eigenvalue weighted by Crippen LogP contribution is 2.45. The first-order valence-electron chi connectivity index (χ1n) is 4.11. The fraction of sp³-hybridized carbons (Fsp3) is 0. The van der Waals surface area contributed by atoms with Crippen molar-refractivity contribution in [3.63, 3.8) is 0 Å². The van der Waals surface area contributed by atoms with Gasteiger partial charge >= 0.3 is 0 Å². The number of phenols is 5. The number of aromatic hydroxyl groups is 5. The van der Waals surface area contributed by atoms with Crippen LogP contribution < -0.4 is 0 Å². The molecule has 0 unspecified atom stereocenters. The van der Waals surface area contributed by atoms with Crippen LogP contribution in [0.25, 0.3) is 10.8 Å². The van der Waals surface area contributed by atoms with Crippen LogP contribution in [0.4, 0.5) is 0 Å². The molecular weight excluding hydrogens is 200 g/mol. The van der Waals surface area contributed by atoms with Gasteiger partial charge in [-0.2, -0.15) is 0 Å². The average Bonchev–Trinajstić information content (AvgIpc) is 2.21. The second kappa shape index (κ2) is 2.84. The smallest absolute Gasteiger partial charge is 0.200 e. The molecule has 0 fully saturated rings. The first-order valence-corrected chi connectivity index (χ1v) is 4.11. The van der Waals surface area contributed by atoms with Gasteiger partial charge in [-0.1, -0.05) is 0 Å². The molecule has 0 aliphatic carbocycles. The average molecular weight is 208 g/mol. The van der Waals surface area contributed by atoms with Gasteiger partial charge in [-0.05, 0) is 18.2 Å². The van der Waals surface area contributed by atoms with Gasteiger partial charge < -0.3 is 25.5 Å². The molecule has 0 aliphatic heterocycles. The van der Waals surface area contributed by atoms with Gasteiger partial charge in [0.25, 0.3) is 0 Å². The van der Waals surface area contributed by atoms with Crippen molar-refractivity contribution in [3.8, 4) is 28.7 Å².